The van der Waals surface area contributed by atoms with Gasteiger partial charge in [0.15, 0.2) is 0 Å². The molecular weight excluding hydrogens is 254 g/mol. The van der Waals surface area contributed by atoms with E-state index in [-0.39, 0.29) is 4.90 Å². The Morgan fingerprint density at radius 1 is 1.28 bits per heavy atom. The molecule has 1 rings (SSSR count). The van der Waals surface area contributed by atoms with Gasteiger partial charge in [0, 0.05) is 7.05 Å². The molecule has 0 unspecified atom stereocenters. The quantitative estimate of drug-likeness (QED) is 0.881. The maximum Gasteiger partial charge on any atom is 0.318 e. The number of carbonyl (C=O) groups is 1. The number of rotatable bonds is 5. The second-order valence-electron chi connectivity index (χ2n) is 4.38. The van der Waals surface area contributed by atoms with Crippen LogP contribution in [-0.4, -0.2) is 37.4 Å². The van der Waals surface area contributed by atoms with Crippen molar-refractivity contribution in [1.29, 1.82) is 0 Å². The van der Waals surface area contributed by atoms with Crippen molar-refractivity contribution < 1.29 is 18.3 Å². The third-order valence-electron chi connectivity index (χ3n) is 2.61. The van der Waals surface area contributed by atoms with Crippen LogP contribution in [-0.2, 0) is 14.8 Å². The highest BCUT2D eigenvalue weighted by atomic mass is 32.2. The number of benzene rings is 1. The standard InChI is InChI=1S/C12H17NO4S/c1-9(2)10-4-6-11(7-5-10)18(16,17)13(3)8-12(14)15/h4-7,9H,8H2,1-3H3,(H,14,15). The largest absolute Gasteiger partial charge is 0.480 e. The van der Waals surface area contributed by atoms with Crippen LogP contribution in [0.25, 0.3) is 0 Å². The van der Waals surface area contributed by atoms with Crippen LogP contribution in [0.2, 0.25) is 0 Å². The van der Waals surface area contributed by atoms with Gasteiger partial charge in [-0.3, -0.25) is 4.79 Å². The lowest BCUT2D eigenvalue weighted by molar-refractivity contribution is -0.137. The van der Waals surface area contributed by atoms with Gasteiger partial charge in [0.1, 0.15) is 6.54 Å². The van der Waals surface area contributed by atoms with Gasteiger partial charge in [-0.15, -0.1) is 0 Å². The van der Waals surface area contributed by atoms with Crippen molar-refractivity contribution in [1.82, 2.24) is 4.31 Å². The van der Waals surface area contributed by atoms with Crippen molar-refractivity contribution in [2.75, 3.05) is 13.6 Å². The fraction of sp³-hybridized carbons (Fsp3) is 0.417. The lowest BCUT2D eigenvalue weighted by Crippen LogP contribution is -2.32. The predicted molar refractivity (Wildman–Crippen MR) is 68.0 cm³/mol. The summed E-state index contributed by atoms with van der Waals surface area (Å²) in [6.07, 6.45) is 0. The molecule has 1 N–H and O–H groups in total. The zero-order chi connectivity index (χ0) is 13.9. The first-order valence-corrected chi connectivity index (χ1v) is 6.97. The number of sulfonamides is 1. The summed E-state index contributed by atoms with van der Waals surface area (Å²) in [5.74, 6) is -0.863. The van der Waals surface area contributed by atoms with Crippen LogP contribution < -0.4 is 0 Å². The van der Waals surface area contributed by atoms with Crippen molar-refractivity contribution in [2.24, 2.45) is 0 Å². The third-order valence-corrected chi connectivity index (χ3v) is 4.43. The van der Waals surface area contributed by atoms with E-state index in [1.165, 1.54) is 19.2 Å². The van der Waals surface area contributed by atoms with Gasteiger partial charge < -0.3 is 5.11 Å². The third kappa shape index (κ3) is 3.30. The maximum absolute atomic E-state index is 12.0. The normalized spacial score (nSPS) is 12.1. The molecule has 0 bridgehead atoms. The van der Waals surface area contributed by atoms with Crippen molar-refractivity contribution in [3.8, 4) is 0 Å². The molecule has 0 radical (unpaired) electrons. The first-order valence-electron chi connectivity index (χ1n) is 5.53. The lowest BCUT2D eigenvalue weighted by Gasteiger charge is -2.15. The van der Waals surface area contributed by atoms with Crippen LogP contribution in [0.5, 0.6) is 0 Å². The van der Waals surface area contributed by atoms with Gasteiger partial charge in [0.05, 0.1) is 4.90 Å². The zero-order valence-electron chi connectivity index (χ0n) is 10.6. The summed E-state index contributed by atoms with van der Waals surface area (Å²) in [6.45, 7) is 3.48. The Labute approximate surface area is 107 Å². The molecule has 1 aromatic rings. The molecule has 0 aliphatic rings. The van der Waals surface area contributed by atoms with Gasteiger partial charge in [-0.2, -0.15) is 4.31 Å². The van der Waals surface area contributed by atoms with Gasteiger partial charge in [0.2, 0.25) is 10.0 Å². The topological polar surface area (TPSA) is 74.7 Å². The molecule has 0 saturated heterocycles. The van der Waals surface area contributed by atoms with Crippen LogP contribution in [0.15, 0.2) is 29.2 Å². The summed E-state index contributed by atoms with van der Waals surface area (Å²) in [4.78, 5) is 10.6. The van der Waals surface area contributed by atoms with E-state index in [1.807, 2.05) is 13.8 Å². The van der Waals surface area contributed by atoms with E-state index in [2.05, 4.69) is 0 Å². The summed E-state index contributed by atoms with van der Waals surface area (Å²) in [7, 11) is -2.47. The highest BCUT2D eigenvalue weighted by Crippen LogP contribution is 2.19. The minimum Gasteiger partial charge on any atom is -0.480 e. The second-order valence-corrected chi connectivity index (χ2v) is 6.42. The van der Waals surface area contributed by atoms with Crippen LogP contribution >= 0.6 is 0 Å². The Balaban J connectivity index is 3.02. The van der Waals surface area contributed by atoms with Gasteiger partial charge in [-0.1, -0.05) is 26.0 Å². The van der Waals surface area contributed by atoms with Crippen molar-refractivity contribution in [3.63, 3.8) is 0 Å². The fourth-order valence-electron chi connectivity index (χ4n) is 1.48. The van der Waals surface area contributed by atoms with Gasteiger partial charge in [0.25, 0.3) is 0 Å². The number of hydrogen-bond acceptors (Lipinski definition) is 3. The Morgan fingerprint density at radius 2 is 1.78 bits per heavy atom. The van der Waals surface area contributed by atoms with Crippen LogP contribution in [0.4, 0.5) is 0 Å². The lowest BCUT2D eigenvalue weighted by atomic mass is 10.0. The highest BCUT2D eigenvalue weighted by Gasteiger charge is 2.22. The molecule has 100 valence electrons. The summed E-state index contributed by atoms with van der Waals surface area (Å²) in [6, 6.07) is 6.49. The molecule has 0 atom stereocenters. The monoisotopic (exact) mass is 271 g/mol. The molecule has 0 aliphatic heterocycles. The van der Waals surface area contributed by atoms with E-state index in [0.29, 0.717) is 5.92 Å². The number of hydrogen-bond donors (Lipinski definition) is 1. The van der Waals surface area contributed by atoms with E-state index in [0.717, 1.165) is 9.87 Å². The smallest absolute Gasteiger partial charge is 0.318 e. The van der Waals surface area contributed by atoms with Crippen LogP contribution in [0.3, 0.4) is 0 Å². The summed E-state index contributed by atoms with van der Waals surface area (Å²) < 4.78 is 24.8. The van der Waals surface area contributed by atoms with Gasteiger partial charge >= 0.3 is 5.97 Å². The Morgan fingerprint density at radius 3 is 2.17 bits per heavy atom. The van der Waals surface area contributed by atoms with E-state index in [4.69, 9.17) is 5.11 Å². The number of likely N-dealkylation sites (N-methyl/N-ethyl adjacent to an activating group) is 1. The average Bonchev–Trinajstić information content (AvgIpc) is 2.28. The van der Waals surface area contributed by atoms with E-state index >= 15 is 0 Å². The van der Waals surface area contributed by atoms with Crippen molar-refractivity contribution in [3.05, 3.63) is 29.8 Å². The molecular formula is C12H17NO4S. The van der Waals surface area contributed by atoms with Gasteiger partial charge in [-0.05, 0) is 23.6 Å². The van der Waals surface area contributed by atoms with Crippen molar-refractivity contribution in [2.45, 2.75) is 24.7 Å². The number of nitrogens with zero attached hydrogens (tertiary/aromatic N) is 1. The molecule has 0 amide bonds. The Kier molecular flexibility index (Phi) is 4.48. The minimum atomic E-state index is -3.72. The van der Waals surface area contributed by atoms with E-state index in [1.54, 1.807) is 12.1 Å². The molecule has 0 aromatic heterocycles. The molecule has 0 saturated carbocycles. The molecule has 18 heavy (non-hydrogen) atoms. The number of carboxylic acids is 1. The van der Waals surface area contributed by atoms with Gasteiger partial charge in [-0.25, -0.2) is 8.42 Å². The second kappa shape index (κ2) is 5.49. The highest BCUT2D eigenvalue weighted by molar-refractivity contribution is 7.89. The molecule has 0 spiro atoms. The summed E-state index contributed by atoms with van der Waals surface area (Å²) >= 11 is 0. The van der Waals surface area contributed by atoms with E-state index in [9.17, 15) is 13.2 Å². The van der Waals surface area contributed by atoms with E-state index < -0.39 is 22.5 Å². The summed E-state index contributed by atoms with van der Waals surface area (Å²) in [5, 5.41) is 8.60. The van der Waals surface area contributed by atoms with Crippen molar-refractivity contribution >= 4 is 16.0 Å². The SMILES string of the molecule is CC(C)c1ccc(S(=O)(=O)N(C)CC(=O)O)cc1. The van der Waals surface area contributed by atoms with Crippen LogP contribution in [0, 0.1) is 0 Å². The molecule has 1 aromatic carbocycles. The first-order chi connectivity index (χ1) is 8.25. The Bertz CT molecular complexity index is 520. The molecule has 0 fully saturated rings. The molecule has 0 aliphatic carbocycles. The fourth-order valence-corrected chi connectivity index (χ4v) is 2.60. The Hall–Kier alpha value is -1.40. The number of carboxylic acid groups (broad SMARTS) is 1. The summed E-state index contributed by atoms with van der Waals surface area (Å²) in [5.41, 5.74) is 1.04. The maximum atomic E-state index is 12.0. The average molecular weight is 271 g/mol. The molecule has 6 heteroatoms. The number of aliphatic carboxylic acids is 1. The molecule has 0 heterocycles. The van der Waals surface area contributed by atoms with Crippen LogP contribution in [0.1, 0.15) is 25.3 Å². The zero-order valence-corrected chi connectivity index (χ0v) is 11.4. The molecule has 5 nitrogen and oxygen atoms in total. The minimum absolute atomic E-state index is 0.107. The predicted octanol–water partition coefficient (Wildman–Crippen LogP) is 1.52. The first kappa shape index (κ1) is 14.7.